The first-order valence-corrected chi connectivity index (χ1v) is 7.36. The molecule has 3 atom stereocenters. The molecule has 2 fully saturated rings. The number of nitrogens with one attached hydrogen (secondary N) is 1. The highest BCUT2D eigenvalue weighted by Gasteiger charge is 2.34. The number of ether oxygens (including phenoxy) is 1. The molecule has 2 aliphatic rings. The average molecular weight is 274 g/mol. The molecule has 0 saturated carbocycles. The highest BCUT2D eigenvalue weighted by Crippen LogP contribution is 2.30. The quantitative estimate of drug-likeness (QED) is 0.859. The van der Waals surface area contributed by atoms with Crippen molar-refractivity contribution in [3.8, 4) is 0 Å². The van der Waals surface area contributed by atoms with Crippen molar-refractivity contribution in [2.45, 2.75) is 25.8 Å². The summed E-state index contributed by atoms with van der Waals surface area (Å²) in [6.07, 6.45) is 2.47. The Bertz CT molecular complexity index is 515. The summed E-state index contributed by atoms with van der Waals surface area (Å²) in [5.41, 5.74) is 2.71. The summed E-state index contributed by atoms with van der Waals surface area (Å²) in [5, 5.41) is 3.66. The predicted molar refractivity (Wildman–Crippen MR) is 79.1 cm³/mol. The lowest BCUT2D eigenvalue weighted by Crippen LogP contribution is -2.39. The summed E-state index contributed by atoms with van der Waals surface area (Å²) < 4.78 is 4.84. The topological polar surface area (TPSA) is 41.6 Å². The Morgan fingerprint density at radius 2 is 2.15 bits per heavy atom. The van der Waals surface area contributed by atoms with E-state index in [2.05, 4.69) is 16.3 Å². The molecule has 3 rings (SSSR count). The number of methoxy groups -OCH3 is 1. The summed E-state index contributed by atoms with van der Waals surface area (Å²) in [6.45, 7) is 5.62. The molecule has 3 unspecified atom stereocenters. The Labute approximate surface area is 120 Å². The van der Waals surface area contributed by atoms with Crippen LogP contribution < -0.4 is 5.32 Å². The van der Waals surface area contributed by atoms with Crippen LogP contribution in [0.4, 0.5) is 5.69 Å². The van der Waals surface area contributed by atoms with E-state index in [1.54, 1.807) is 0 Å². The van der Waals surface area contributed by atoms with E-state index >= 15 is 0 Å². The fourth-order valence-electron chi connectivity index (χ4n) is 3.46. The van der Waals surface area contributed by atoms with Gasteiger partial charge in [-0.2, -0.15) is 0 Å². The van der Waals surface area contributed by atoms with Gasteiger partial charge < -0.3 is 15.0 Å². The second-order valence-corrected chi connectivity index (χ2v) is 5.86. The summed E-state index contributed by atoms with van der Waals surface area (Å²) in [7, 11) is 1.43. The van der Waals surface area contributed by atoms with Gasteiger partial charge in [0, 0.05) is 24.8 Å². The zero-order valence-corrected chi connectivity index (χ0v) is 12.2. The third kappa shape index (κ3) is 2.40. The van der Waals surface area contributed by atoms with Crippen LogP contribution in [0.25, 0.3) is 0 Å². The van der Waals surface area contributed by atoms with Gasteiger partial charge in [-0.15, -0.1) is 0 Å². The van der Waals surface area contributed by atoms with Crippen molar-refractivity contribution in [3.63, 3.8) is 0 Å². The maximum atomic E-state index is 11.7. The summed E-state index contributed by atoms with van der Waals surface area (Å²) in [6, 6.07) is 6.33. The van der Waals surface area contributed by atoms with Crippen LogP contribution in [0.1, 0.15) is 28.8 Å². The fraction of sp³-hybridized carbons (Fsp3) is 0.562. The van der Waals surface area contributed by atoms with Gasteiger partial charge in [-0.1, -0.05) is 6.07 Å². The lowest BCUT2D eigenvalue weighted by Gasteiger charge is -2.32. The molecule has 4 heteroatoms. The van der Waals surface area contributed by atoms with Crippen molar-refractivity contribution in [3.05, 3.63) is 29.3 Å². The van der Waals surface area contributed by atoms with E-state index in [-0.39, 0.29) is 5.97 Å². The van der Waals surface area contributed by atoms with Gasteiger partial charge in [0.15, 0.2) is 0 Å². The SMILES string of the molecule is COC(=O)c1cccc(NC2CCN3CCC2C3)c1C. The van der Waals surface area contributed by atoms with Crippen molar-refractivity contribution in [2.24, 2.45) is 5.92 Å². The highest BCUT2D eigenvalue weighted by atomic mass is 16.5. The molecular weight excluding hydrogens is 252 g/mol. The largest absolute Gasteiger partial charge is 0.465 e. The number of nitrogens with zero attached hydrogens (tertiary/aromatic N) is 1. The number of carbonyl (C=O) groups excluding carboxylic acids is 1. The molecule has 0 amide bonds. The number of benzene rings is 1. The molecule has 2 aliphatic heterocycles. The molecule has 0 aromatic heterocycles. The molecule has 1 aromatic rings. The number of rotatable bonds is 3. The van der Waals surface area contributed by atoms with Crippen molar-refractivity contribution in [2.75, 3.05) is 32.1 Å². The normalized spacial score (nSPS) is 28.2. The number of esters is 1. The van der Waals surface area contributed by atoms with E-state index in [9.17, 15) is 4.79 Å². The van der Waals surface area contributed by atoms with Gasteiger partial charge in [0.05, 0.1) is 12.7 Å². The number of fused-ring (bicyclic) bond motifs is 2. The maximum absolute atomic E-state index is 11.7. The smallest absolute Gasteiger partial charge is 0.338 e. The number of piperidine rings is 1. The molecule has 2 heterocycles. The zero-order chi connectivity index (χ0) is 14.1. The Hall–Kier alpha value is -1.55. The van der Waals surface area contributed by atoms with Crippen molar-refractivity contribution in [1.29, 1.82) is 0 Å². The van der Waals surface area contributed by atoms with E-state index in [0.29, 0.717) is 11.6 Å². The van der Waals surface area contributed by atoms with Gasteiger partial charge in [-0.25, -0.2) is 4.79 Å². The van der Waals surface area contributed by atoms with Gasteiger partial charge in [-0.3, -0.25) is 0 Å². The van der Waals surface area contributed by atoms with Crippen molar-refractivity contribution >= 4 is 11.7 Å². The van der Waals surface area contributed by atoms with Crippen LogP contribution in [0, 0.1) is 12.8 Å². The second kappa shape index (κ2) is 5.44. The minimum absolute atomic E-state index is 0.262. The van der Waals surface area contributed by atoms with E-state index in [0.717, 1.165) is 17.2 Å². The molecule has 0 spiro atoms. The van der Waals surface area contributed by atoms with E-state index in [1.807, 2.05) is 19.1 Å². The molecule has 4 nitrogen and oxygen atoms in total. The van der Waals surface area contributed by atoms with Gasteiger partial charge in [-0.05, 0) is 49.9 Å². The highest BCUT2D eigenvalue weighted by molar-refractivity contribution is 5.92. The standard InChI is InChI=1S/C16H22N2O2/c1-11-13(16(19)20-2)4-3-5-14(11)17-15-7-9-18-8-6-12(15)10-18/h3-5,12,15,17H,6-10H2,1-2H3. The monoisotopic (exact) mass is 274 g/mol. The molecule has 2 saturated heterocycles. The summed E-state index contributed by atoms with van der Waals surface area (Å²) in [4.78, 5) is 14.3. The van der Waals surface area contributed by atoms with Gasteiger partial charge in [0.2, 0.25) is 0 Å². The number of hydrogen-bond donors (Lipinski definition) is 1. The lowest BCUT2D eigenvalue weighted by molar-refractivity contribution is 0.0600. The molecule has 1 N–H and O–H groups in total. The third-order valence-electron chi connectivity index (χ3n) is 4.71. The van der Waals surface area contributed by atoms with Gasteiger partial charge >= 0.3 is 5.97 Å². The van der Waals surface area contributed by atoms with Crippen LogP contribution in [0.2, 0.25) is 0 Å². The average Bonchev–Trinajstić information content (AvgIpc) is 2.86. The first kappa shape index (κ1) is 13.4. The minimum Gasteiger partial charge on any atom is -0.465 e. The lowest BCUT2D eigenvalue weighted by atomic mass is 9.93. The fourth-order valence-corrected chi connectivity index (χ4v) is 3.46. The van der Waals surface area contributed by atoms with Gasteiger partial charge in [0.1, 0.15) is 0 Å². The van der Waals surface area contributed by atoms with Crippen molar-refractivity contribution in [1.82, 2.24) is 4.90 Å². The first-order chi connectivity index (χ1) is 9.69. The molecule has 0 radical (unpaired) electrons. The zero-order valence-electron chi connectivity index (χ0n) is 12.2. The minimum atomic E-state index is -0.262. The number of anilines is 1. The van der Waals surface area contributed by atoms with Crippen LogP contribution in [0.3, 0.4) is 0 Å². The van der Waals surface area contributed by atoms with Gasteiger partial charge in [0.25, 0.3) is 0 Å². The Morgan fingerprint density at radius 3 is 2.95 bits per heavy atom. The first-order valence-electron chi connectivity index (χ1n) is 7.36. The molecule has 0 aliphatic carbocycles. The number of carbonyl (C=O) groups is 1. The summed E-state index contributed by atoms with van der Waals surface area (Å²) in [5.74, 6) is 0.478. The Kier molecular flexibility index (Phi) is 3.66. The van der Waals surface area contributed by atoms with Crippen LogP contribution in [-0.4, -0.2) is 43.7 Å². The molecule has 2 bridgehead atoms. The molecule has 20 heavy (non-hydrogen) atoms. The Morgan fingerprint density at radius 1 is 1.35 bits per heavy atom. The third-order valence-corrected chi connectivity index (χ3v) is 4.71. The van der Waals surface area contributed by atoms with Crippen LogP contribution in [0.15, 0.2) is 18.2 Å². The van der Waals surface area contributed by atoms with Crippen molar-refractivity contribution < 1.29 is 9.53 Å². The van der Waals surface area contributed by atoms with Crippen LogP contribution >= 0.6 is 0 Å². The van der Waals surface area contributed by atoms with E-state index < -0.39 is 0 Å². The maximum Gasteiger partial charge on any atom is 0.338 e. The summed E-state index contributed by atoms with van der Waals surface area (Å²) >= 11 is 0. The molecular formula is C16H22N2O2. The Balaban J connectivity index is 1.79. The molecule has 108 valence electrons. The predicted octanol–water partition coefficient (Wildman–Crippen LogP) is 2.29. The molecule has 1 aromatic carbocycles. The second-order valence-electron chi connectivity index (χ2n) is 5.86. The van der Waals surface area contributed by atoms with Crippen LogP contribution in [-0.2, 0) is 4.74 Å². The van der Waals surface area contributed by atoms with E-state index in [4.69, 9.17) is 4.74 Å². The van der Waals surface area contributed by atoms with E-state index in [1.165, 1.54) is 39.6 Å². The van der Waals surface area contributed by atoms with Crippen LogP contribution in [0.5, 0.6) is 0 Å². The number of hydrogen-bond acceptors (Lipinski definition) is 4.